The number of hydrogen-bond donors (Lipinski definition) is 1. The number of nitrogens with zero attached hydrogens (tertiary/aromatic N) is 2. The van der Waals surface area contributed by atoms with Gasteiger partial charge in [-0.25, -0.2) is 14.0 Å². The lowest BCUT2D eigenvalue weighted by atomic mass is 9.84. The predicted molar refractivity (Wildman–Crippen MR) is 131 cm³/mol. The molecule has 6 nitrogen and oxygen atoms in total. The highest BCUT2D eigenvalue weighted by Crippen LogP contribution is 2.36. The van der Waals surface area contributed by atoms with Crippen LogP contribution in [0.4, 0.5) is 9.18 Å². The average Bonchev–Trinajstić information content (AvgIpc) is 2.89. The van der Waals surface area contributed by atoms with Gasteiger partial charge >= 0.3 is 12.0 Å². The maximum Gasteiger partial charge on any atom is 0.337 e. The first-order valence-corrected chi connectivity index (χ1v) is 12.3. The molecule has 1 N–H and O–H groups in total. The van der Waals surface area contributed by atoms with E-state index in [2.05, 4.69) is 10.2 Å². The zero-order valence-electron chi connectivity index (χ0n) is 20.2. The molecule has 0 radical (unpaired) electrons. The Labute approximate surface area is 202 Å². The van der Waals surface area contributed by atoms with Gasteiger partial charge in [0.25, 0.3) is 0 Å². The highest BCUT2D eigenvalue weighted by atomic mass is 19.1. The summed E-state index contributed by atoms with van der Waals surface area (Å²) in [5, 5.41) is 3.30. The molecule has 2 amide bonds. The number of carbonyl (C=O) groups excluding carboxylic acids is 2. The topological polar surface area (TPSA) is 61.9 Å². The van der Waals surface area contributed by atoms with E-state index in [9.17, 15) is 14.0 Å². The van der Waals surface area contributed by atoms with E-state index in [1.165, 1.54) is 19.2 Å². The number of hydrogen-bond acceptors (Lipinski definition) is 4. The number of carbonyl (C=O) groups is 2. The van der Waals surface area contributed by atoms with E-state index in [1.54, 1.807) is 18.2 Å². The minimum Gasteiger partial charge on any atom is -0.465 e. The number of amides is 2. The van der Waals surface area contributed by atoms with Crippen molar-refractivity contribution in [1.82, 2.24) is 15.1 Å². The zero-order valence-corrected chi connectivity index (χ0v) is 20.2. The largest absolute Gasteiger partial charge is 0.465 e. The molecule has 0 aliphatic carbocycles. The van der Waals surface area contributed by atoms with Gasteiger partial charge in [0.05, 0.1) is 18.7 Å². The lowest BCUT2D eigenvalue weighted by Crippen LogP contribution is -2.59. The summed E-state index contributed by atoms with van der Waals surface area (Å²) in [6.07, 6.45) is 2.91. The Bertz CT molecular complexity index is 1020. The molecule has 0 saturated carbocycles. The van der Waals surface area contributed by atoms with Crippen molar-refractivity contribution in [2.75, 3.05) is 33.3 Å². The van der Waals surface area contributed by atoms with Gasteiger partial charge in [0.1, 0.15) is 5.82 Å². The van der Waals surface area contributed by atoms with Gasteiger partial charge in [0.2, 0.25) is 0 Å². The van der Waals surface area contributed by atoms with Crippen molar-refractivity contribution in [2.45, 2.75) is 45.2 Å². The fraction of sp³-hybridized carbons (Fsp3) is 0.481. The first kappa shape index (κ1) is 24.2. The molecule has 2 atom stereocenters. The van der Waals surface area contributed by atoms with Crippen molar-refractivity contribution in [3.8, 4) is 0 Å². The Morgan fingerprint density at radius 3 is 2.38 bits per heavy atom. The fourth-order valence-corrected chi connectivity index (χ4v) is 5.47. The van der Waals surface area contributed by atoms with Crippen molar-refractivity contribution in [1.29, 1.82) is 0 Å². The number of piperidine rings is 3. The van der Waals surface area contributed by atoms with Gasteiger partial charge in [-0.05, 0) is 79.2 Å². The maximum absolute atomic E-state index is 13.6. The summed E-state index contributed by atoms with van der Waals surface area (Å²) in [7, 11) is 1.36. The number of esters is 1. The Hall–Kier alpha value is -2.93. The molecule has 4 heterocycles. The van der Waals surface area contributed by atoms with Crippen molar-refractivity contribution < 1.29 is 20.1 Å². The average molecular weight is 470 g/mol. The number of halogens is 1. The van der Waals surface area contributed by atoms with Gasteiger partial charge in [0.15, 0.2) is 0 Å². The van der Waals surface area contributed by atoms with Crippen molar-refractivity contribution in [3.63, 3.8) is 0 Å². The van der Waals surface area contributed by atoms with Crippen molar-refractivity contribution >= 4 is 12.0 Å². The summed E-state index contributed by atoms with van der Waals surface area (Å²) >= 11 is 0. The maximum atomic E-state index is 13.6. The highest BCUT2D eigenvalue weighted by molar-refractivity contribution is 5.89. The summed E-state index contributed by atoms with van der Waals surface area (Å²) in [6.45, 7) is 7.67. The second-order valence-corrected chi connectivity index (χ2v) is 9.00. The van der Waals surface area contributed by atoms with E-state index in [-0.39, 0.29) is 31.3 Å². The number of methoxy groups -OCH3 is 1. The van der Waals surface area contributed by atoms with Crippen LogP contribution in [0.5, 0.6) is 0 Å². The smallest absolute Gasteiger partial charge is 0.337 e. The van der Waals surface area contributed by atoms with Gasteiger partial charge in [0, 0.05) is 20.6 Å². The molecule has 2 aromatic carbocycles. The fourth-order valence-electron chi connectivity index (χ4n) is 5.47. The third kappa shape index (κ3) is 4.80. The van der Waals surface area contributed by atoms with E-state index in [1.807, 2.05) is 30.9 Å². The van der Waals surface area contributed by atoms with Crippen LogP contribution in [0.3, 0.4) is 0 Å². The van der Waals surface area contributed by atoms with E-state index in [4.69, 9.17) is 4.74 Å². The Balaban J connectivity index is 0.00000111. The van der Waals surface area contributed by atoms with Gasteiger partial charge in [-0.15, -0.1) is 0 Å². The van der Waals surface area contributed by atoms with Crippen molar-refractivity contribution in [2.24, 2.45) is 5.92 Å². The van der Waals surface area contributed by atoms with Crippen LogP contribution in [0.2, 0.25) is 0 Å². The Morgan fingerprint density at radius 2 is 1.76 bits per heavy atom. The van der Waals surface area contributed by atoms with Crippen LogP contribution in [-0.2, 0) is 11.2 Å². The minimum atomic E-state index is -0.381. The van der Waals surface area contributed by atoms with Gasteiger partial charge < -0.3 is 19.9 Å². The van der Waals surface area contributed by atoms with Crippen LogP contribution in [0, 0.1) is 11.7 Å². The minimum absolute atomic E-state index is 0. The van der Waals surface area contributed by atoms with Crippen molar-refractivity contribution in [3.05, 3.63) is 70.5 Å². The number of nitrogens with one attached hydrogen (secondary N) is 1. The van der Waals surface area contributed by atoms with Gasteiger partial charge in [-0.1, -0.05) is 32.0 Å². The zero-order chi connectivity index (χ0) is 24.2. The third-order valence-corrected chi connectivity index (χ3v) is 7.20. The van der Waals surface area contributed by atoms with Crippen LogP contribution >= 0.6 is 0 Å². The third-order valence-electron chi connectivity index (χ3n) is 7.20. The van der Waals surface area contributed by atoms with Gasteiger partial charge in [-0.3, -0.25) is 0 Å². The van der Waals surface area contributed by atoms with Crippen LogP contribution in [0.1, 0.15) is 61.2 Å². The summed E-state index contributed by atoms with van der Waals surface area (Å²) in [5.74, 6) is -0.157. The molecule has 4 aliphatic rings. The van der Waals surface area contributed by atoms with Crippen LogP contribution in [0.15, 0.2) is 42.5 Å². The monoisotopic (exact) mass is 469 g/mol. The molecule has 184 valence electrons. The highest BCUT2D eigenvalue weighted by Gasteiger charge is 2.38. The second kappa shape index (κ2) is 10.6. The first-order chi connectivity index (χ1) is 16.5. The summed E-state index contributed by atoms with van der Waals surface area (Å²) in [4.78, 5) is 29.7. The van der Waals surface area contributed by atoms with E-state index in [0.717, 1.165) is 49.2 Å². The molecule has 6 rings (SSSR count). The summed E-state index contributed by atoms with van der Waals surface area (Å²) in [6, 6.07) is 11.5. The number of ether oxygens (including phenoxy) is 1. The Morgan fingerprint density at radius 1 is 1.06 bits per heavy atom. The number of rotatable bonds is 3. The lowest BCUT2D eigenvalue weighted by molar-refractivity contribution is 0.0600. The second-order valence-electron chi connectivity index (χ2n) is 9.00. The molecule has 0 unspecified atom stereocenters. The number of fused-ring (bicyclic) bond motifs is 4. The molecule has 2 bridgehead atoms. The van der Waals surface area contributed by atoms with Crippen LogP contribution < -0.4 is 5.32 Å². The van der Waals surface area contributed by atoms with Crippen LogP contribution in [0.25, 0.3) is 0 Å². The molecule has 4 aliphatic heterocycles. The standard InChI is InChI=1S/C25H28FN3O3.C2H6.H2/c1-32-24(30)19-4-7-21-18(14-19)10-13-29(23(21)17-2-5-20(26)6-3-17)25(31)27-22-15-28-11-8-16(22)9-12-28;1-2;/h2-7,14,16,22-23H,8-13,15H2,1H3,(H,27,31);1-2H3;1H/t22-,23-;;/m1../s1. The molecule has 0 aromatic heterocycles. The number of urea groups is 1. The van der Waals surface area contributed by atoms with Crippen LogP contribution in [-0.4, -0.2) is 61.1 Å². The van der Waals surface area contributed by atoms with E-state index >= 15 is 0 Å². The molecule has 3 saturated heterocycles. The molecule has 0 spiro atoms. The van der Waals surface area contributed by atoms with Gasteiger partial charge in [-0.2, -0.15) is 0 Å². The molecule has 7 heteroatoms. The first-order valence-electron chi connectivity index (χ1n) is 12.3. The summed E-state index contributed by atoms with van der Waals surface area (Å²) in [5.41, 5.74) is 3.31. The quantitative estimate of drug-likeness (QED) is 0.666. The lowest BCUT2D eigenvalue weighted by Gasteiger charge is -2.46. The predicted octanol–water partition coefficient (Wildman–Crippen LogP) is 4.64. The normalized spacial score (nSPS) is 25.0. The molecule has 2 aromatic rings. The summed E-state index contributed by atoms with van der Waals surface area (Å²) < 4.78 is 18.5. The van der Waals surface area contributed by atoms with E-state index in [0.29, 0.717) is 24.4 Å². The molecule has 34 heavy (non-hydrogen) atoms. The molecular formula is C27H36FN3O3. The number of benzene rings is 2. The Kier molecular flexibility index (Phi) is 7.51. The molecule has 3 fully saturated rings. The van der Waals surface area contributed by atoms with E-state index < -0.39 is 0 Å². The SMILES string of the molecule is CC.COC(=O)c1ccc2c(c1)CCN(C(=O)N[C@@H]1CN3CCC1CC3)[C@@H]2c1ccc(F)cc1.[HH]. The molecular weight excluding hydrogens is 433 g/mol.